The van der Waals surface area contributed by atoms with Gasteiger partial charge in [0.05, 0.1) is 6.10 Å². The molecule has 16 heavy (non-hydrogen) atoms. The zero-order valence-electron chi connectivity index (χ0n) is 9.77. The van der Waals surface area contributed by atoms with Crippen LogP contribution >= 0.6 is 0 Å². The van der Waals surface area contributed by atoms with E-state index in [4.69, 9.17) is 5.73 Å². The molecule has 0 aliphatic carbocycles. The number of hydrogen-bond donors (Lipinski definition) is 4. The first-order valence-electron chi connectivity index (χ1n) is 5.45. The molecule has 4 heteroatoms. The van der Waals surface area contributed by atoms with Crippen molar-refractivity contribution in [2.75, 3.05) is 13.6 Å². The standard InChI is InChI=1S/C12H20N2O2/c1-8-3-4-11(15)9(7-8)12(16)10(14-2)5-6-13/h3-4,7,10,12,14-16H,5-6,13H2,1-2H3. The van der Waals surface area contributed by atoms with Gasteiger partial charge in [0.25, 0.3) is 0 Å². The number of benzene rings is 1. The summed E-state index contributed by atoms with van der Waals surface area (Å²) in [5.41, 5.74) is 7.03. The van der Waals surface area contributed by atoms with Gasteiger partial charge < -0.3 is 21.3 Å². The van der Waals surface area contributed by atoms with E-state index in [0.717, 1.165) is 5.56 Å². The van der Waals surface area contributed by atoms with Crippen LogP contribution in [0.15, 0.2) is 18.2 Å². The van der Waals surface area contributed by atoms with E-state index in [2.05, 4.69) is 5.32 Å². The fraction of sp³-hybridized carbons (Fsp3) is 0.500. The fourth-order valence-electron chi connectivity index (χ4n) is 1.77. The summed E-state index contributed by atoms with van der Waals surface area (Å²) in [5, 5.41) is 22.8. The molecule has 0 saturated heterocycles. The van der Waals surface area contributed by atoms with E-state index in [1.165, 1.54) is 0 Å². The molecule has 2 unspecified atom stereocenters. The normalized spacial score (nSPS) is 14.8. The van der Waals surface area contributed by atoms with Crippen molar-refractivity contribution in [1.82, 2.24) is 5.32 Å². The Labute approximate surface area is 96.1 Å². The van der Waals surface area contributed by atoms with Crippen LogP contribution in [0.4, 0.5) is 0 Å². The van der Waals surface area contributed by atoms with Crippen LogP contribution in [0.1, 0.15) is 23.7 Å². The van der Waals surface area contributed by atoms with Crippen LogP contribution in [0, 0.1) is 6.92 Å². The second kappa shape index (κ2) is 5.84. The Balaban J connectivity index is 2.93. The molecular weight excluding hydrogens is 204 g/mol. The number of nitrogens with one attached hydrogen (secondary N) is 1. The minimum Gasteiger partial charge on any atom is -0.508 e. The average Bonchev–Trinajstić information content (AvgIpc) is 2.28. The van der Waals surface area contributed by atoms with E-state index in [0.29, 0.717) is 18.5 Å². The largest absolute Gasteiger partial charge is 0.508 e. The Bertz CT molecular complexity index is 342. The molecule has 0 aliphatic rings. The lowest BCUT2D eigenvalue weighted by Gasteiger charge is -2.23. The van der Waals surface area contributed by atoms with Crippen molar-refractivity contribution in [2.24, 2.45) is 5.73 Å². The Morgan fingerprint density at radius 1 is 1.44 bits per heavy atom. The van der Waals surface area contributed by atoms with E-state index >= 15 is 0 Å². The second-order valence-electron chi connectivity index (χ2n) is 3.98. The van der Waals surface area contributed by atoms with Crippen molar-refractivity contribution >= 4 is 0 Å². The van der Waals surface area contributed by atoms with Crippen molar-refractivity contribution in [1.29, 1.82) is 0 Å². The van der Waals surface area contributed by atoms with Gasteiger partial charge >= 0.3 is 0 Å². The first-order valence-corrected chi connectivity index (χ1v) is 5.45. The van der Waals surface area contributed by atoms with Crippen LogP contribution in [0.5, 0.6) is 5.75 Å². The Kier molecular flexibility index (Phi) is 4.73. The summed E-state index contributed by atoms with van der Waals surface area (Å²) in [6.45, 7) is 2.42. The summed E-state index contributed by atoms with van der Waals surface area (Å²) in [6.07, 6.45) is -0.0844. The molecule has 2 atom stereocenters. The van der Waals surface area contributed by atoms with E-state index < -0.39 is 6.10 Å². The number of aryl methyl sites for hydroxylation is 1. The fourth-order valence-corrected chi connectivity index (χ4v) is 1.77. The average molecular weight is 224 g/mol. The van der Waals surface area contributed by atoms with Crippen molar-refractivity contribution in [3.8, 4) is 5.75 Å². The Hall–Kier alpha value is -1.10. The highest BCUT2D eigenvalue weighted by atomic mass is 16.3. The van der Waals surface area contributed by atoms with Gasteiger partial charge in [-0.15, -0.1) is 0 Å². The lowest BCUT2D eigenvalue weighted by Crippen LogP contribution is -2.34. The van der Waals surface area contributed by atoms with Crippen LogP contribution in [0.3, 0.4) is 0 Å². The minimum atomic E-state index is -0.742. The van der Waals surface area contributed by atoms with Crippen LogP contribution in [0.25, 0.3) is 0 Å². The number of hydrogen-bond acceptors (Lipinski definition) is 4. The smallest absolute Gasteiger partial charge is 0.121 e. The molecule has 90 valence electrons. The molecule has 0 spiro atoms. The molecule has 0 amide bonds. The highest BCUT2D eigenvalue weighted by Gasteiger charge is 2.21. The second-order valence-corrected chi connectivity index (χ2v) is 3.98. The first-order chi connectivity index (χ1) is 7.60. The van der Waals surface area contributed by atoms with E-state index in [1.807, 2.05) is 13.0 Å². The van der Waals surface area contributed by atoms with Crippen molar-refractivity contribution in [3.05, 3.63) is 29.3 Å². The maximum atomic E-state index is 10.1. The maximum Gasteiger partial charge on any atom is 0.121 e. The summed E-state index contributed by atoms with van der Waals surface area (Å²) < 4.78 is 0. The molecule has 5 N–H and O–H groups in total. The van der Waals surface area contributed by atoms with Crippen LogP contribution in [-0.4, -0.2) is 29.8 Å². The Morgan fingerprint density at radius 2 is 2.12 bits per heavy atom. The third-order valence-corrected chi connectivity index (χ3v) is 2.73. The molecule has 0 aromatic heterocycles. The molecule has 0 aliphatic heterocycles. The highest BCUT2D eigenvalue weighted by molar-refractivity contribution is 5.37. The molecule has 4 nitrogen and oxygen atoms in total. The molecule has 0 radical (unpaired) electrons. The predicted octanol–water partition coefficient (Wildman–Crippen LogP) is 0.671. The third-order valence-electron chi connectivity index (χ3n) is 2.73. The summed E-state index contributed by atoms with van der Waals surface area (Å²) in [5.74, 6) is 0.121. The lowest BCUT2D eigenvalue weighted by atomic mass is 9.97. The van der Waals surface area contributed by atoms with Gasteiger partial charge in [0.1, 0.15) is 5.75 Å². The topological polar surface area (TPSA) is 78.5 Å². The quantitative estimate of drug-likeness (QED) is 0.593. The number of phenols is 1. The van der Waals surface area contributed by atoms with Gasteiger partial charge in [-0.2, -0.15) is 0 Å². The van der Waals surface area contributed by atoms with Gasteiger partial charge in [-0.3, -0.25) is 0 Å². The van der Waals surface area contributed by atoms with Crippen LogP contribution < -0.4 is 11.1 Å². The zero-order chi connectivity index (χ0) is 12.1. The number of aromatic hydroxyl groups is 1. The number of rotatable bonds is 5. The summed E-state index contributed by atoms with van der Waals surface area (Å²) in [6, 6.07) is 5.06. The minimum absolute atomic E-state index is 0.121. The number of aliphatic hydroxyl groups is 1. The molecule has 0 fully saturated rings. The Morgan fingerprint density at radius 3 is 2.69 bits per heavy atom. The van der Waals surface area contributed by atoms with Gasteiger partial charge in [0.15, 0.2) is 0 Å². The number of likely N-dealkylation sites (N-methyl/N-ethyl adjacent to an activating group) is 1. The first kappa shape index (κ1) is 13.0. The van der Waals surface area contributed by atoms with E-state index in [-0.39, 0.29) is 11.8 Å². The van der Waals surface area contributed by atoms with Crippen molar-refractivity contribution < 1.29 is 10.2 Å². The molecule has 0 saturated carbocycles. The van der Waals surface area contributed by atoms with Crippen LogP contribution in [0.2, 0.25) is 0 Å². The molecule has 1 rings (SSSR count). The lowest BCUT2D eigenvalue weighted by molar-refractivity contribution is 0.126. The summed E-state index contributed by atoms with van der Waals surface area (Å²) in [4.78, 5) is 0. The monoisotopic (exact) mass is 224 g/mol. The summed E-state index contributed by atoms with van der Waals surface area (Å²) >= 11 is 0. The van der Waals surface area contributed by atoms with Gasteiger partial charge in [0.2, 0.25) is 0 Å². The van der Waals surface area contributed by atoms with Gasteiger partial charge in [-0.25, -0.2) is 0 Å². The number of aliphatic hydroxyl groups excluding tert-OH is 1. The molecule has 1 aromatic carbocycles. The molecular formula is C12H20N2O2. The molecule has 1 aromatic rings. The highest BCUT2D eigenvalue weighted by Crippen LogP contribution is 2.28. The van der Waals surface area contributed by atoms with Crippen LogP contribution in [-0.2, 0) is 0 Å². The van der Waals surface area contributed by atoms with E-state index in [1.54, 1.807) is 19.2 Å². The zero-order valence-corrected chi connectivity index (χ0v) is 9.77. The summed E-state index contributed by atoms with van der Waals surface area (Å²) in [7, 11) is 1.77. The maximum absolute atomic E-state index is 10.1. The van der Waals surface area contributed by atoms with Gasteiger partial charge in [-0.1, -0.05) is 11.6 Å². The SMILES string of the molecule is CNC(CCN)C(O)c1cc(C)ccc1O. The van der Waals surface area contributed by atoms with Crippen molar-refractivity contribution in [2.45, 2.75) is 25.5 Å². The molecule has 0 bridgehead atoms. The number of phenolic OH excluding ortho intramolecular Hbond substituents is 1. The predicted molar refractivity (Wildman–Crippen MR) is 64.3 cm³/mol. The third kappa shape index (κ3) is 2.95. The van der Waals surface area contributed by atoms with Gasteiger partial charge in [0, 0.05) is 11.6 Å². The van der Waals surface area contributed by atoms with Crippen molar-refractivity contribution in [3.63, 3.8) is 0 Å². The van der Waals surface area contributed by atoms with E-state index in [9.17, 15) is 10.2 Å². The van der Waals surface area contributed by atoms with Gasteiger partial charge in [-0.05, 0) is 39.1 Å². The number of nitrogens with two attached hydrogens (primary N) is 1. The molecule has 0 heterocycles.